The third-order valence-electron chi connectivity index (χ3n) is 3.41. The molecular weight excluding hydrogens is 249 g/mol. The van der Waals surface area contributed by atoms with Crippen molar-refractivity contribution in [2.45, 2.75) is 17.7 Å². The monoisotopic (exact) mass is 269 g/mol. The lowest BCUT2D eigenvalue weighted by Crippen LogP contribution is -2.23. The summed E-state index contributed by atoms with van der Waals surface area (Å²) in [5, 5.41) is 8.90. The maximum absolute atomic E-state index is 13.4. The summed E-state index contributed by atoms with van der Waals surface area (Å²) >= 11 is 1.58. The number of nitrogens with zero attached hydrogens (tertiary/aromatic N) is 1. The summed E-state index contributed by atoms with van der Waals surface area (Å²) in [4.78, 5) is 3.15. The molecule has 2 nitrogen and oxygen atoms in total. The fraction of sp³-hybridized carbons (Fsp3) is 0.571. The molecule has 1 aromatic carbocycles. The molecule has 4 heteroatoms. The Kier molecular flexibility index (Phi) is 5.47. The highest BCUT2D eigenvalue weighted by molar-refractivity contribution is 7.99. The van der Waals surface area contributed by atoms with Crippen LogP contribution in [0.25, 0.3) is 0 Å². The second kappa shape index (κ2) is 7.12. The van der Waals surface area contributed by atoms with Crippen molar-refractivity contribution >= 4 is 11.8 Å². The average Bonchev–Trinajstić information content (AvgIpc) is 2.80. The number of halogens is 1. The molecule has 1 heterocycles. The largest absolute Gasteiger partial charge is 0.396 e. The molecule has 1 N–H and O–H groups in total. The van der Waals surface area contributed by atoms with E-state index >= 15 is 0 Å². The van der Waals surface area contributed by atoms with E-state index in [4.69, 9.17) is 5.11 Å². The highest BCUT2D eigenvalue weighted by atomic mass is 32.2. The molecule has 0 spiro atoms. The minimum atomic E-state index is -0.123. The van der Waals surface area contributed by atoms with Crippen LogP contribution in [0.1, 0.15) is 12.8 Å². The molecule has 0 amide bonds. The van der Waals surface area contributed by atoms with Gasteiger partial charge in [0.05, 0.1) is 0 Å². The first-order valence-corrected chi connectivity index (χ1v) is 7.48. The Morgan fingerprint density at radius 2 is 2.22 bits per heavy atom. The van der Waals surface area contributed by atoms with E-state index in [1.54, 1.807) is 17.8 Å². The molecule has 1 aliphatic rings. The predicted octanol–water partition coefficient (Wildman–Crippen LogP) is 2.62. The van der Waals surface area contributed by atoms with E-state index in [1.165, 1.54) is 12.5 Å². The van der Waals surface area contributed by atoms with Gasteiger partial charge in [0.25, 0.3) is 0 Å². The van der Waals surface area contributed by atoms with Crippen molar-refractivity contribution in [3.8, 4) is 0 Å². The zero-order chi connectivity index (χ0) is 12.8. The molecule has 100 valence electrons. The van der Waals surface area contributed by atoms with E-state index in [0.717, 1.165) is 36.7 Å². The normalized spacial score (nSPS) is 20.4. The molecule has 1 atom stereocenters. The van der Waals surface area contributed by atoms with Gasteiger partial charge in [-0.1, -0.05) is 12.1 Å². The third kappa shape index (κ3) is 3.97. The number of hydrogen-bond donors (Lipinski definition) is 1. The molecule has 1 unspecified atom stereocenters. The maximum atomic E-state index is 13.4. The van der Waals surface area contributed by atoms with Gasteiger partial charge in [0.2, 0.25) is 0 Å². The minimum Gasteiger partial charge on any atom is -0.396 e. The quantitative estimate of drug-likeness (QED) is 0.803. The molecule has 1 fully saturated rings. The first kappa shape index (κ1) is 13.8. The Bertz CT molecular complexity index is 375. The van der Waals surface area contributed by atoms with Gasteiger partial charge in [-0.15, -0.1) is 11.8 Å². The zero-order valence-electron chi connectivity index (χ0n) is 10.5. The van der Waals surface area contributed by atoms with Crippen molar-refractivity contribution < 1.29 is 9.50 Å². The maximum Gasteiger partial charge on any atom is 0.136 e. The summed E-state index contributed by atoms with van der Waals surface area (Å²) in [5.41, 5.74) is 0. The second-order valence-electron chi connectivity index (χ2n) is 4.75. The number of likely N-dealkylation sites (tertiary alicyclic amines) is 1. The van der Waals surface area contributed by atoms with E-state index in [2.05, 4.69) is 4.90 Å². The Hall–Kier alpha value is -0.580. The van der Waals surface area contributed by atoms with E-state index < -0.39 is 0 Å². The van der Waals surface area contributed by atoms with Gasteiger partial charge in [-0.3, -0.25) is 0 Å². The number of thioether (sulfide) groups is 1. The summed E-state index contributed by atoms with van der Waals surface area (Å²) in [6.07, 6.45) is 2.10. The van der Waals surface area contributed by atoms with Crippen LogP contribution in [0, 0.1) is 11.7 Å². The summed E-state index contributed by atoms with van der Waals surface area (Å²) in [5.74, 6) is 1.45. The standard InChI is InChI=1S/C14H20FNOS/c15-13-3-1-2-4-14(13)18-10-8-16-7-5-12(11-16)6-9-17/h1-4,12,17H,5-11H2. The highest BCUT2D eigenvalue weighted by Gasteiger charge is 2.21. The van der Waals surface area contributed by atoms with Crippen LogP contribution in [0.2, 0.25) is 0 Å². The second-order valence-corrected chi connectivity index (χ2v) is 5.88. The topological polar surface area (TPSA) is 23.5 Å². The van der Waals surface area contributed by atoms with Crippen LogP contribution >= 0.6 is 11.8 Å². The fourth-order valence-electron chi connectivity index (χ4n) is 2.38. The number of hydrogen-bond acceptors (Lipinski definition) is 3. The fourth-order valence-corrected chi connectivity index (χ4v) is 3.33. The van der Waals surface area contributed by atoms with E-state index in [0.29, 0.717) is 12.5 Å². The highest BCUT2D eigenvalue weighted by Crippen LogP contribution is 2.23. The summed E-state index contributed by atoms with van der Waals surface area (Å²) in [7, 11) is 0. The van der Waals surface area contributed by atoms with Crippen molar-refractivity contribution in [1.82, 2.24) is 4.90 Å². The van der Waals surface area contributed by atoms with Crippen molar-refractivity contribution in [3.05, 3.63) is 30.1 Å². The molecule has 1 aliphatic heterocycles. The molecule has 1 saturated heterocycles. The Labute approximate surface area is 112 Å². The lowest BCUT2D eigenvalue weighted by molar-refractivity contribution is 0.253. The van der Waals surface area contributed by atoms with Gasteiger partial charge < -0.3 is 10.0 Å². The smallest absolute Gasteiger partial charge is 0.136 e. The van der Waals surface area contributed by atoms with Crippen LogP contribution in [-0.2, 0) is 0 Å². The summed E-state index contributed by atoms with van der Waals surface area (Å²) in [6.45, 7) is 3.49. The summed E-state index contributed by atoms with van der Waals surface area (Å²) in [6, 6.07) is 6.94. The van der Waals surface area contributed by atoms with Gasteiger partial charge in [-0.05, 0) is 37.4 Å². The van der Waals surface area contributed by atoms with E-state index in [-0.39, 0.29) is 5.82 Å². The zero-order valence-corrected chi connectivity index (χ0v) is 11.3. The lowest BCUT2D eigenvalue weighted by atomic mass is 10.1. The van der Waals surface area contributed by atoms with Crippen LogP contribution in [0.4, 0.5) is 4.39 Å². The molecule has 0 aliphatic carbocycles. The van der Waals surface area contributed by atoms with Crippen LogP contribution in [0.15, 0.2) is 29.2 Å². The van der Waals surface area contributed by atoms with Crippen molar-refractivity contribution in [1.29, 1.82) is 0 Å². The Morgan fingerprint density at radius 1 is 1.39 bits per heavy atom. The molecule has 1 aromatic rings. The van der Waals surface area contributed by atoms with Crippen LogP contribution < -0.4 is 0 Å². The molecule has 0 aromatic heterocycles. The number of rotatable bonds is 6. The van der Waals surface area contributed by atoms with Crippen LogP contribution in [-0.4, -0.2) is 42.0 Å². The van der Waals surface area contributed by atoms with Gasteiger partial charge in [0, 0.05) is 30.3 Å². The van der Waals surface area contributed by atoms with Crippen molar-refractivity contribution in [2.75, 3.05) is 32.0 Å². The van der Waals surface area contributed by atoms with Crippen molar-refractivity contribution in [3.63, 3.8) is 0 Å². The average molecular weight is 269 g/mol. The van der Waals surface area contributed by atoms with E-state index in [9.17, 15) is 4.39 Å². The minimum absolute atomic E-state index is 0.123. The number of aliphatic hydroxyl groups is 1. The molecule has 0 radical (unpaired) electrons. The first-order chi connectivity index (χ1) is 8.79. The summed E-state index contributed by atoms with van der Waals surface area (Å²) < 4.78 is 13.4. The Balaban J connectivity index is 1.69. The molecule has 2 rings (SSSR count). The molecule has 0 bridgehead atoms. The van der Waals surface area contributed by atoms with Gasteiger partial charge in [0.15, 0.2) is 0 Å². The number of aliphatic hydroxyl groups excluding tert-OH is 1. The Morgan fingerprint density at radius 3 is 3.00 bits per heavy atom. The lowest BCUT2D eigenvalue weighted by Gasteiger charge is -2.15. The van der Waals surface area contributed by atoms with Gasteiger partial charge in [0.1, 0.15) is 5.82 Å². The van der Waals surface area contributed by atoms with Crippen LogP contribution in [0.3, 0.4) is 0 Å². The van der Waals surface area contributed by atoms with Crippen LogP contribution in [0.5, 0.6) is 0 Å². The molecule has 18 heavy (non-hydrogen) atoms. The van der Waals surface area contributed by atoms with Gasteiger partial charge in [-0.2, -0.15) is 0 Å². The van der Waals surface area contributed by atoms with Crippen molar-refractivity contribution in [2.24, 2.45) is 5.92 Å². The van der Waals surface area contributed by atoms with Gasteiger partial charge >= 0.3 is 0 Å². The molecular formula is C14H20FNOS. The van der Waals surface area contributed by atoms with Gasteiger partial charge in [-0.25, -0.2) is 4.39 Å². The number of benzene rings is 1. The SMILES string of the molecule is OCCC1CCN(CCSc2ccccc2F)C1. The first-order valence-electron chi connectivity index (χ1n) is 6.50. The third-order valence-corrected chi connectivity index (χ3v) is 4.44. The molecule has 0 saturated carbocycles. The van der Waals surface area contributed by atoms with E-state index in [1.807, 2.05) is 12.1 Å². The predicted molar refractivity (Wildman–Crippen MR) is 73.4 cm³/mol.